The van der Waals surface area contributed by atoms with Crippen LogP contribution in [0.25, 0.3) is 0 Å². The van der Waals surface area contributed by atoms with Gasteiger partial charge in [-0.2, -0.15) is 4.99 Å². The number of anilines is 1. The molecule has 2 aliphatic rings. The number of nitrogens with zero attached hydrogens (tertiary/aromatic N) is 3. The van der Waals surface area contributed by atoms with E-state index >= 15 is 0 Å². The van der Waals surface area contributed by atoms with E-state index in [4.69, 9.17) is 0 Å². The summed E-state index contributed by atoms with van der Waals surface area (Å²) in [5.74, 6) is -0.774. The Bertz CT molecular complexity index is 1050. The number of piperidine rings is 1. The van der Waals surface area contributed by atoms with Crippen molar-refractivity contribution < 1.29 is 14.4 Å². The van der Waals surface area contributed by atoms with Gasteiger partial charge in [-0.05, 0) is 62.1 Å². The van der Waals surface area contributed by atoms with Gasteiger partial charge in [-0.1, -0.05) is 17.8 Å². The lowest BCUT2D eigenvalue weighted by Crippen LogP contribution is -2.33. The maximum absolute atomic E-state index is 12.7. The van der Waals surface area contributed by atoms with Gasteiger partial charge in [0.2, 0.25) is 5.91 Å². The molecule has 3 heterocycles. The van der Waals surface area contributed by atoms with Gasteiger partial charge in [0.05, 0.1) is 6.04 Å². The number of benzene rings is 1. The van der Waals surface area contributed by atoms with Crippen molar-refractivity contribution >= 4 is 40.3 Å². The topological polar surface area (TPSA) is 104 Å². The number of thioether (sulfide) groups is 1. The molecular formula is C24H27N5O3S. The zero-order valence-corrected chi connectivity index (χ0v) is 19.3. The van der Waals surface area contributed by atoms with Crippen LogP contribution in [0.5, 0.6) is 0 Å². The first-order chi connectivity index (χ1) is 16.0. The fraction of sp³-hybridized carbons (Fsp3) is 0.375. The minimum absolute atomic E-state index is 0.0415. The Morgan fingerprint density at radius 1 is 1.15 bits per heavy atom. The maximum atomic E-state index is 12.7. The normalized spacial score (nSPS) is 19.1. The van der Waals surface area contributed by atoms with Gasteiger partial charge in [0, 0.05) is 43.2 Å². The molecule has 0 spiro atoms. The Hall–Kier alpha value is -3.20. The van der Waals surface area contributed by atoms with Crippen molar-refractivity contribution in [3.8, 4) is 0 Å². The van der Waals surface area contributed by atoms with Crippen molar-refractivity contribution in [2.45, 2.75) is 43.9 Å². The summed E-state index contributed by atoms with van der Waals surface area (Å²) < 4.78 is 0. The molecule has 1 aromatic carbocycles. The van der Waals surface area contributed by atoms with Crippen molar-refractivity contribution in [3.05, 3.63) is 59.9 Å². The number of hydrogen-bond acceptors (Lipinski definition) is 6. The molecule has 8 nitrogen and oxygen atoms in total. The van der Waals surface area contributed by atoms with Crippen LogP contribution in [-0.2, 0) is 9.59 Å². The minimum atomic E-state index is -0.505. The highest BCUT2D eigenvalue weighted by atomic mass is 32.2. The molecule has 2 atom stereocenters. The molecule has 0 saturated carbocycles. The first-order valence-electron chi connectivity index (χ1n) is 11.1. The lowest BCUT2D eigenvalue weighted by molar-refractivity contribution is -0.121. The fourth-order valence-corrected chi connectivity index (χ4v) is 4.98. The van der Waals surface area contributed by atoms with E-state index in [2.05, 4.69) is 25.5 Å². The van der Waals surface area contributed by atoms with E-state index in [0.29, 0.717) is 11.3 Å². The van der Waals surface area contributed by atoms with Gasteiger partial charge in [0.1, 0.15) is 5.25 Å². The Balaban J connectivity index is 1.31. The van der Waals surface area contributed by atoms with Gasteiger partial charge < -0.3 is 15.5 Å². The van der Waals surface area contributed by atoms with Gasteiger partial charge >= 0.3 is 0 Å². The highest BCUT2D eigenvalue weighted by molar-refractivity contribution is 8.15. The van der Waals surface area contributed by atoms with E-state index in [0.717, 1.165) is 36.7 Å². The minimum Gasteiger partial charge on any atom is -0.351 e. The molecule has 3 amide bonds. The van der Waals surface area contributed by atoms with Crippen LogP contribution in [0.3, 0.4) is 0 Å². The summed E-state index contributed by atoms with van der Waals surface area (Å²) >= 11 is 1.37. The molecule has 1 fully saturated rings. The predicted octanol–water partition coefficient (Wildman–Crippen LogP) is 3.39. The molecule has 4 rings (SSSR count). The molecule has 0 aliphatic carbocycles. The third-order valence-electron chi connectivity index (χ3n) is 5.69. The molecule has 2 N–H and O–H groups in total. The van der Waals surface area contributed by atoms with E-state index in [1.165, 1.54) is 18.2 Å². The third-order valence-corrected chi connectivity index (χ3v) is 6.90. The second-order valence-electron chi connectivity index (χ2n) is 8.20. The van der Waals surface area contributed by atoms with Crippen molar-refractivity contribution in [3.63, 3.8) is 0 Å². The van der Waals surface area contributed by atoms with Crippen LogP contribution < -0.4 is 10.6 Å². The molecule has 0 bridgehead atoms. The number of pyridine rings is 1. The highest BCUT2D eigenvalue weighted by Gasteiger charge is 2.33. The molecule has 9 heteroatoms. The summed E-state index contributed by atoms with van der Waals surface area (Å²) in [6, 6.07) is 10.3. The van der Waals surface area contributed by atoms with Gasteiger partial charge in [0.15, 0.2) is 5.17 Å². The SMILES string of the molecule is C[C@@H](NC(=O)c1cccc(NC(=O)C[C@@H]2SC(N3CCCCC3)=NC2=O)c1)c1ccncc1. The van der Waals surface area contributed by atoms with Gasteiger partial charge in [-0.25, -0.2) is 0 Å². The Morgan fingerprint density at radius 2 is 1.91 bits per heavy atom. The summed E-state index contributed by atoms with van der Waals surface area (Å²) in [5.41, 5.74) is 1.90. The summed E-state index contributed by atoms with van der Waals surface area (Å²) in [6.45, 7) is 3.72. The van der Waals surface area contributed by atoms with E-state index in [1.807, 2.05) is 19.1 Å². The van der Waals surface area contributed by atoms with Crippen LogP contribution in [0.2, 0.25) is 0 Å². The fourth-order valence-electron chi connectivity index (χ4n) is 3.86. The average molecular weight is 466 g/mol. The number of likely N-dealkylation sites (tertiary alicyclic amines) is 1. The van der Waals surface area contributed by atoms with Gasteiger partial charge in [-0.15, -0.1) is 0 Å². The number of nitrogens with one attached hydrogen (secondary N) is 2. The van der Waals surface area contributed by atoms with E-state index in [1.54, 1.807) is 36.7 Å². The smallest absolute Gasteiger partial charge is 0.262 e. The van der Waals surface area contributed by atoms with E-state index in [9.17, 15) is 14.4 Å². The molecule has 33 heavy (non-hydrogen) atoms. The number of aliphatic imine (C=N–C) groups is 1. The van der Waals surface area contributed by atoms with Crippen LogP contribution in [-0.4, -0.2) is 51.1 Å². The van der Waals surface area contributed by atoms with Crippen LogP contribution in [0.4, 0.5) is 5.69 Å². The third kappa shape index (κ3) is 5.98. The first-order valence-corrected chi connectivity index (χ1v) is 12.0. The molecule has 1 aromatic heterocycles. The van der Waals surface area contributed by atoms with Gasteiger partial charge in [0.25, 0.3) is 11.8 Å². The Labute approximate surface area is 197 Å². The van der Waals surface area contributed by atoms with Crippen molar-refractivity contribution in [1.82, 2.24) is 15.2 Å². The van der Waals surface area contributed by atoms with Crippen LogP contribution in [0, 0.1) is 0 Å². The summed E-state index contributed by atoms with van der Waals surface area (Å²) in [7, 11) is 0. The maximum Gasteiger partial charge on any atom is 0.262 e. The lowest BCUT2D eigenvalue weighted by atomic mass is 10.1. The lowest BCUT2D eigenvalue weighted by Gasteiger charge is -2.27. The highest BCUT2D eigenvalue weighted by Crippen LogP contribution is 2.29. The molecule has 172 valence electrons. The number of carbonyl (C=O) groups is 3. The Kier molecular flexibility index (Phi) is 7.39. The zero-order chi connectivity index (χ0) is 23.2. The molecule has 0 unspecified atom stereocenters. The quantitative estimate of drug-likeness (QED) is 0.678. The first kappa shape index (κ1) is 23.0. The van der Waals surface area contributed by atoms with Gasteiger partial charge in [-0.3, -0.25) is 19.4 Å². The molecule has 1 saturated heterocycles. The van der Waals surface area contributed by atoms with Crippen LogP contribution in [0.1, 0.15) is 54.6 Å². The van der Waals surface area contributed by atoms with Crippen molar-refractivity contribution in [2.24, 2.45) is 4.99 Å². The molecule has 2 aromatic rings. The average Bonchev–Trinajstić information content (AvgIpc) is 3.20. The number of aromatic nitrogens is 1. The number of amides is 3. The predicted molar refractivity (Wildman–Crippen MR) is 129 cm³/mol. The van der Waals surface area contributed by atoms with Crippen LogP contribution in [0.15, 0.2) is 53.8 Å². The van der Waals surface area contributed by atoms with E-state index < -0.39 is 5.25 Å². The standard InChI is InChI=1S/C24H27N5O3S/c1-16(17-8-10-25-11-9-17)26-22(31)18-6-5-7-19(14-18)27-21(30)15-20-23(32)28-24(33-20)29-12-3-2-4-13-29/h5-11,14,16,20H,2-4,12-13,15H2,1H3,(H,26,31)(H,27,30)/t16-,20+/m1/s1. The largest absolute Gasteiger partial charge is 0.351 e. The zero-order valence-electron chi connectivity index (χ0n) is 18.5. The number of amidine groups is 1. The number of hydrogen-bond donors (Lipinski definition) is 2. The molecule has 2 aliphatic heterocycles. The molecular weight excluding hydrogens is 438 g/mol. The number of rotatable bonds is 6. The number of carbonyl (C=O) groups excluding carboxylic acids is 3. The summed E-state index contributed by atoms with van der Waals surface area (Å²) in [6.07, 6.45) is 6.81. The van der Waals surface area contributed by atoms with E-state index in [-0.39, 0.29) is 30.2 Å². The second kappa shape index (κ2) is 10.6. The summed E-state index contributed by atoms with van der Waals surface area (Å²) in [4.78, 5) is 47.9. The second-order valence-corrected chi connectivity index (χ2v) is 9.37. The monoisotopic (exact) mass is 465 g/mol. The van der Waals surface area contributed by atoms with Crippen LogP contribution >= 0.6 is 11.8 Å². The summed E-state index contributed by atoms with van der Waals surface area (Å²) in [5, 5.41) is 5.98. The molecule has 0 radical (unpaired) electrons. The Morgan fingerprint density at radius 3 is 2.67 bits per heavy atom. The van der Waals surface area contributed by atoms with Crippen molar-refractivity contribution in [2.75, 3.05) is 18.4 Å². The van der Waals surface area contributed by atoms with Crippen molar-refractivity contribution in [1.29, 1.82) is 0 Å².